The quantitative estimate of drug-likeness (QED) is 0.521. The van der Waals surface area contributed by atoms with Gasteiger partial charge in [0, 0.05) is 20.4 Å². The third-order valence-electron chi connectivity index (χ3n) is 3.35. The van der Waals surface area contributed by atoms with E-state index in [0.29, 0.717) is 0 Å². The summed E-state index contributed by atoms with van der Waals surface area (Å²) in [5, 5.41) is 3.89. The highest BCUT2D eigenvalue weighted by Gasteiger charge is 2.17. The van der Waals surface area contributed by atoms with Crippen molar-refractivity contribution in [3.63, 3.8) is 0 Å². The number of carbonyl (C=O) groups excluding carboxylic acids is 1. The lowest BCUT2D eigenvalue weighted by atomic mass is 10.1. The van der Waals surface area contributed by atoms with Gasteiger partial charge in [-0.25, -0.2) is 4.98 Å². The Labute approximate surface area is 155 Å². The first kappa shape index (κ1) is 16.6. The standard InChI is InChI=1S/C17H14Br2N2OS/c1-9(2)16(22)21-15-11(7-10(18)8-12(15)19)17-20-13-5-3-4-6-14(13)23-17/h3-9H,1-2H3,(H,21,22). The topological polar surface area (TPSA) is 42.0 Å². The number of fused-ring (bicyclic) bond motifs is 1. The minimum Gasteiger partial charge on any atom is -0.324 e. The highest BCUT2D eigenvalue weighted by atomic mass is 79.9. The van der Waals surface area contributed by atoms with E-state index in [1.165, 1.54) is 0 Å². The Morgan fingerprint density at radius 3 is 2.65 bits per heavy atom. The SMILES string of the molecule is CC(C)C(=O)Nc1c(Br)cc(Br)cc1-c1nc2ccccc2s1. The minimum absolute atomic E-state index is 0.0182. The Balaban J connectivity index is 2.15. The molecule has 3 nitrogen and oxygen atoms in total. The first-order valence-electron chi connectivity index (χ1n) is 7.11. The van der Waals surface area contributed by atoms with Crippen molar-refractivity contribution in [2.24, 2.45) is 5.92 Å². The Morgan fingerprint density at radius 2 is 1.96 bits per heavy atom. The molecule has 0 aliphatic heterocycles. The molecule has 0 saturated heterocycles. The van der Waals surface area contributed by atoms with Gasteiger partial charge in [0.05, 0.1) is 15.9 Å². The number of para-hydroxylation sites is 1. The average molecular weight is 454 g/mol. The molecular weight excluding hydrogens is 440 g/mol. The summed E-state index contributed by atoms with van der Waals surface area (Å²) in [5.74, 6) is -0.107. The molecule has 0 fully saturated rings. The van der Waals surface area contributed by atoms with E-state index in [0.717, 1.165) is 35.4 Å². The van der Waals surface area contributed by atoms with Crippen LogP contribution in [0.25, 0.3) is 20.8 Å². The molecule has 0 saturated carbocycles. The van der Waals surface area contributed by atoms with E-state index in [-0.39, 0.29) is 11.8 Å². The molecular formula is C17H14Br2N2OS. The number of hydrogen-bond donors (Lipinski definition) is 1. The van der Waals surface area contributed by atoms with E-state index in [2.05, 4.69) is 43.2 Å². The molecule has 3 aromatic rings. The highest BCUT2D eigenvalue weighted by Crippen LogP contribution is 2.40. The van der Waals surface area contributed by atoms with Gasteiger partial charge in [-0.3, -0.25) is 4.79 Å². The first-order chi connectivity index (χ1) is 11.0. The summed E-state index contributed by atoms with van der Waals surface area (Å²) in [4.78, 5) is 16.8. The van der Waals surface area contributed by atoms with Crippen molar-refractivity contribution in [2.45, 2.75) is 13.8 Å². The fourth-order valence-electron chi connectivity index (χ4n) is 2.12. The van der Waals surface area contributed by atoms with Crippen LogP contribution in [0.3, 0.4) is 0 Å². The van der Waals surface area contributed by atoms with Crippen molar-refractivity contribution >= 4 is 65.0 Å². The molecule has 0 atom stereocenters. The van der Waals surface area contributed by atoms with Gasteiger partial charge in [0.25, 0.3) is 0 Å². The molecule has 1 amide bonds. The number of halogens is 2. The van der Waals surface area contributed by atoms with Crippen molar-refractivity contribution in [2.75, 3.05) is 5.32 Å². The number of benzene rings is 2. The van der Waals surface area contributed by atoms with Gasteiger partial charge in [-0.05, 0) is 40.2 Å². The summed E-state index contributed by atoms with van der Waals surface area (Å²) in [6.45, 7) is 3.75. The smallest absolute Gasteiger partial charge is 0.226 e. The third kappa shape index (κ3) is 3.49. The van der Waals surface area contributed by atoms with Gasteiger partial charge >= 0.3 is 0 Å². The predicted octanol–water partition coefficient (Wildman–Crippen LogP) is 6.08. The largest absolute Gasteiger partial charge is 0.324 e. The molecule has 3 rings (SSSR count). The number of nitrogens with one attached hydrogen (secondary N) is 1. The van der Waals surface area contributed by atoms with Crippen molar-refractivity contribution in [1.29, 1.82) is 0 Å². The van der Waals surface area contributed by atoms with Crippen molar-refractivity contribution in [3.8, 4) is 10.6 Å². The summed E-state index contributed by atoms with van der Waals surface area (Å²) in [7, 11) is 0. The van der Waals surface area contributed by atoms with Gasteiger partial charge in [-0.15, -0.1) is 11.3 Å². The number of carbonyl (C=O) groups is 1. The van der Waals surface area contributed by atoms with Crippen LogP contribution >= 0.6 is 43.2 Å². The van der Waals surface area contributed by atoms with Crippen LogP contribution in [0.4, 0.5) is 5.69 Å². The van der Waals surface area contributed by atoms with Gasteiger partial charge in [-0.1, -0.05) is 41.9 Å². The van der Waals surface area contributed by atoms with Crippen LogP contribution in [0.5, 0.6) is 0 Å². The monoisotopic (exact) mass is 452 g/mol. The van der Waals surface area contributed by atoms with E-state index in [4.69, 9.17) is 4.98 Å². The molecule has 118 valence electrons. The van der Waals surface area contributed by atoms with Crippen LogP contribution in [0.2, 0.25) is 0 Å². The summed E-state index contributed by atoms with van der Waals surface area (Å²) in [6, 6.07) is 11.9. The second kappa shape index (κ2) is 6.71. The molecule has 0 spiro atoms. The Hall–Kier alpha value is -1.24. The van der Waals surface area contributed by atoms with Crippen LogP contribution in [0, 0.1) is 5.92 Å². The number of rotatable bonds is 3. The lowest BCUT2D eigenvalue weighted by molar-refractivity contribution is -0.118. The molecule has 0 aliphatic rings. The summed E-state index contributed by atoms with van der Waals surface area (Å²) in [6.07, 6.45) is 0. The van der Waals surface area contributed by atoms with Crippen LogP contribution in [-0.2, 0) is 4.79 Å². The van der Waals surface area contributed by atoms with E-state index in [9.17, 15) is 4.79 Å². The summed E-state index contributed by atoms with van der Waals surface area (Å²) < 4.78 is 2.89. The molecule has 0 aliphatic carbocycles. The summed E-state index contributed by atoms with van der Waals surface area (Å²) >= 11 is 8.68. The van der Waals surface area contributed by atoms with Gasteiger partial charge in [0.1, 0.15) is 5.01 Å². The second-order valence-electron chi connectivity index (χ2n) is 5.44. The zero-order valence-electron chi connectivity index (χ0n) is 12.6. The molecule has 1 heterocycles. The Kier molecular flexibility index (Phi) is 4.85. The van der Waals surface area contributed by atoms with Crippen LogP contribution in [-0.4, -0.2) is 10.9 Å². The Bertz CT molecular complexity index is 856. The zero-order chi connectivity index (χ0) is 16.6. The Morgan fingerprint density at radius 1 is 1.22 bits per heavy atom. The molecule has 0 radical (unpaired) electrons. The number of nitrogens with zero attached hydrogens (tertiary/aromatic N) is 1. The van der Waals surface area contributed by atoms with Gasteiger partial charge in [-0.2, -0.15) is 0 Å². The maximum absolute atomic E-state index is 12.1. The second-order valence-corrected chi connectivity index (χ2v) is 8.24. The normalized spacial score (nSPS) is 11.2. The zero-order valence-corrected chi connectivity index (χ0v) is 16.5. The third-order valence-corrected chi connectivity index (χ3v) is 5.50. The molecule has 1 aromatic heterocycles. The van der Waals surface area contributed by atoms with Crippen molar-refractivity contribution in [3.05, 3.63) is 45.3 Å². The van der Waals surface area contributed by atoms with E-state index < -0.39 is 0 Å². The molecule has 0 bridgehead atoms. The lowest BCUT2D eigenvalue weighted by Crippen LogP contribution is -2.18. The highest BCUT2D eigenvalue weighted by molar-refractivity contribution is 9.11. The number of aromatic nitrogens is 1. The van der Waals surface area contributed by atoms with E-state index in [1.807, 2.05) is 44.2 Å². The maximum Gasteiger partial charge on any atom is 0.226 e. The number of thiazole rings is 1. The fourth-order valence-corrected chi connectivity index (χ4v) is 4.44. The molecule has 2 aromatic carbocycles. The molecule has 1 N–H and O–H groups in total. The van der Waals surface area contributed by atoms with Crippen LogP contribution in [0.1, 0.15) is 13.8 Å². The molecule has 6 heteroatoms. The maximum atomic E-state index is 12.1. The van der Waals surface area contributed by atoms with Crippen LogP contribution < -0.4 is 5.32 Å². The number of amides is 1. The van der Waals surface area contributed by atoms with E-state index >= 15 is 0 Å². The van der Waals surface area contributed by atoms with Crippen molar-refractivity contribution < 1.29 is 4.79 Å². The minimum atomic E-state index is -0.0891. The predicted molar refractivity (Wildman–Crippen MR) is 104 cm³/mol. The number of anilines is 1. The van der Waals surface area contributed by atoms with Gasteiger partial charge < -0.3 is 5.32 Å². The summed E-state index contributed by atoms with van der Waals surface area (Å²) in [5.41, 5.74) is 2.62. The van der Waals surface area contributed by atoms with E-state index in [1.54, 1.807) is 11.3 Å². The van der Waals surface area contributed by atoms with Crippen molar-refractivity contribution in [1.82, 2.24) is 4.98 Å². The van der Waals surface area contributed by atoms with Gasteiger partial charge in [0.2, 0.25) is 5.91 Å². The molecule has 23 heavy (non-hydrogen) atoms. The molecule has 0 unspecified atom stereocenters. The first-order valence-corrected chi connectivity index (χ1v) is 9.52. The van der Waals surface area contributed by atoms with Crippen LogP contribution in [0.15, 0.2) is 45.3 Å². The van der Waals surface area contributed by atoms with Gasteiger partial charge in [0.15, 0.2) is 0 Å². The lowest BCUT2D eigenvalue weighted by Gasteiger charge is -2.14. The number of hydrogen-bond acceptors (Lipinski definition) is 3. The average Bonchev–Trinajstić information content (AvgIpc) is 2.93. The fraction of sp³-hybridized carbons (Fsp3) is 0.176.